The van der Waals surface area contributed by atoms with Crippen molar-refractivity contribution in [1.82, 2.24) is 20.3 Å². The average Bonchev–Trinajstić information content (AvgIpc) is 3.19. The van der Waals surface area contributed by atoms with E-state index in [9.17, 15) is 9.59 Å². The molecule has 1 aromatic rings. The van der Waals surface area contributed by atoms with Crippen molar-refractivity contribution in [3.8, 4) is 0 Å². The Hall–Kier alpha value is -1.92. The van der Waals surface area contributed by atoms with E-state index < -0.39 is 5.97 Å². The summed E-state index contributed by atoms with van der Waals surface area (Å²) in [4.78, 5) is 22.9. The Kier molecular flexibility index (Phi) is 3.16. The van der Waals surface area contributed by atoms with Crippen molar-refractivity contribution < 1.29 is 14.7 Å². The van der Waals surface area contributed by atoms with Crippen molar-refractivity contribution in [2.24, 2.45) is 23.7 Å². The van der Waals surface area contributed by atoms with Gasteiger partial charge in [0.05, 0.1) is 6.20 Å². The van der Waals surface area contributed by atoms with Crippen LogP contribution in [0.4, 0.5) is 0 Å². The summed E-state index contributed by atoms with van der Waals surface area (Å²) in [5.41, 5.74) is -0.137. The van der Waals surface area contributed by atoms with E-state index in [-0.39, 0.29) is 18.1 Å². The highest BCUT2D eigenvalue weighted by molar-refractivity contribution is 5.84. The lowest BCUT2D eigenvalue weighted by molar-refractivity contribution is -0.123. The Morgan fingerprint density at radius 3 is 2.86 bits per heavy atom. The molecule has 2 bridgehead atoms. The first-order valence-corrected chi connectivity index (χ1v) is 8.04. The quantitative estimate of drug-likeness (QED) is 0.862. The molecule has 1 aromatic heterocycles. The van der Waals surface area contributed by atoms with E-state index in [4.69, 9.17) is 5.11 Å². The number of aromatic nitrogens is 3. The van der Waals surface area contributed by atoms with Crippen molar-refractivity contribution in [3.63, 3.8) is 0 Å². The third-order valence-corrected chi connectivity index (χ3v) is 5.84. The third-order valence-electron chi connectivity index (χ3n) is 5.84. The fourth-order valence-electron chi connectivity index (χ4n) is 5.11. The molecule has 0 aromatic carbocycles. The van der Waals surface area contributed by atoms with Crippen LogP contribution in [0, 0.1) is 23.7 Å². The lowest BCUT2D eigenvalue weighted by atomic mass is 9.79. The van der Waals surface area contributed by atoms with E-state index in [1.165, 1.54) is 36.6 Å². The number of hydrogen-bond donors (Lipinski definition) is 2. The molecule has 0 spiro atoms. The molecule has 5 atom stereocenters. The molecule has 118 valence electrons. The number of carboxylic acid groups (broad SMARTS) is 1. The van der Waals surface area contributed by atoms with Crippen molar-refractivity contribution in [3.05, 3.63) is 11.9 Å². The zero-order valence-electron chi connectivity index (χ0n) is 12.3. The third kappa shape index (κ3) is 2.19. The number of hydrogen-bond acceptors (Lipinski definition) is 4. The smallest absolute Gasteiger partial charge is 0.358 e. The van der Waals surface area contributed by atoms with Gasteiger partial charge in [0.25, 0.3) is 0 Å². The van der Waals surface area contributed by atoms with Gasteiger partial charge in [-0.3, -0.25) is 4.79 Å². The first kappa shape index (κ1) is 13.7. The Balaban J connectivity index is 1.35. The van der Waals surface area contributed by atoms with Gasteiger partial charge < -0.3 is 10.4 Å². The maximum absolute atomic E-state index is 12.2. The number of carbonyl (C=O) groups is 2. The summed E-state index contributed by atoms with van der Waals surface area (Å²) >= 11 is 0. The second-order valence-corrected chi connectivity index (χ2v) is 6.93. The largest absolute Gasteiger partial charge is 0.476 e. The highest BCUT2D eigenvalue weighted by Gasteiger charge is 2.53. The molecule has 4 rings (SSSR count). The summed E-state index contributed by atoms with van der Waals surface area (Å²) in [6, 6.07) is 0.291. The number of aromatic carboxylic acids is 1. The van der Waals surface area contributed by atoms with E-state index in [0.717, 1.165) is 24.2 Å². The van der Waals surface area contributed by atoms with Crippen LogP contribution in [0.15, 0.2) is 6.20 Å². The van der Waals surface area contributed by atoms with Gasteiger partial charge in [0.15, 0.2) is 5.69 Å². The number of rotatable bonds is 4. The van der Waals surface area contributed by atoms with Gasteiger partial charge in [0.1, 0.15) is 6.54 Å². The molecule has 3 aliphatic rings. The van der Waals surface area contributed by atoms with E-state index in [0.29, 0.717) is 12.0 Å². The predicted octanol–water partition coefficient (Wildman–Crippen LogP) is 0.917. The number of carboxylic acids is 1. The first-order valence-electron chi connectivity index (χ1n) is 8.04. The Morgan fingerprint density at radius 2 is 2.09 bits per heavy atom. The summed E-state index contributed by atoms with van der Waals surface area (Å²) in [6.45, 7) is 0.0300. The molecule has 0 saturated heterocycles. The van der Waals surface area contributed by atoms with Gasteiger partial charge in [-0.15, -0.1) is 5.10 Å². The Morgan fingerprint density at radius 1 is 1.27 bits per heavy atom. The molecular formula is C15H20N4O3. The minimum absolute atomic E-state index is 0.0300. The van der Waals surface area contributed by atoms with Crippen LogP contribution in [0.25, 0.3) is 0 Å². The number of fused-ring (bicyclic) bond motifs is 5. The summed E-state index contributed by atoms with van der Waals surface area (Å²) in [5, 5.41) is 19.1. The summed E-state index contributed by atoms with van der Waals surface area (Å²) in [7, 11) is 0. The van der Waals surface area contributed by atoms with E-state index in [2.05, 4.69) is 15.6 Å². The normalized spacial score (nSPS) is 35.5. The van der Waals surface area contributed by atoms with Gasteiger partial charge in [-0.2, -0.15) is 0 Å². The maximum atomic E-state index is 12.2. The van der Waals surface area contributed by atoms with Crippen LogP contribution >= 0.6 is 0 Å². The van der Waals surface area contributed by atoms with E-state index in [1.807, 2.05) is 0 Å². The standard InChI is InChI=1S/C15H20N4O3/c20-14(7-19-6-13(15(21)22)17-18-19)16-12-5-8-4-11(12)10-3-1-2-9(8)10/h6,8-12H,1-5,7H2,(H,16,20)(H,21,22). The van der Waals surface area contributed by atoms with Crippen molar-refractivity contribution in [2.45, 2.75) is 44.7 Å². The molecule has 3 fully saturated rings. The molecule has 0 radical (unpaired) electrons. The van der Waals surface area contributed by atoms with Crippen molar-refractivity contribution >= 4 is 11.9 Å². The molecule has 22 heavy (non-hydrogen) atoms. The Labute approximate surface area is 128 Å². The van der Waals surface area contributed by atoms with Crippen LogP contribution < -0.4 is 5.32 Å². The fourth-order valence-corrected chi connectivity index (χ4v) is 5.11. The predicted molar refractivity (Wildman–Crippen MR) is 76.0 cm³/mol. The van der Waals surface area contributed by atoms with Gasteiger partial charge in [-0.25, -0.2) is 9.48 Å². The number of amides is 1. The number of nitrogens with zero attached hydrogens (tertiary/aromatic N) is 3. The first-order chi connectivity index (χ1) is 10.6. The topological polar surface area (TPSA) is 97.1 Å². The van der Waals surface area contributed by atoms with Crippen molar-refractivity contribution in [1.29, 1.82) is 0 Å². The summed E-state index contributed by atoms with van der Waals surface area (Å²) in [5.74, 6) is 1.93. The molecular weight excluding hydrogens is 284 g/mol. The zero-order valence-corrected chi connectivity index (χ0v) is 12.3. The minimum atomic E-state index is -1.13. The molecule has 0 aliphatic heterocycles. The van der Waals surface area contributed by atoms with Crippen LogP contribution in [0.1, 0.15) is 42.6 Å². The van der Waals surface area contributed by atoms with Gasteiger partial charge in [0.2, 0.25) is 5.91 Å². The number of nitrogens with one attached hydrogen (secondary N) is 1. The molecule has 2 N–H and O–H groups in total. The van der Waals surface area contributed by atoms with Gasteiger partial charge >= 0.3 is 5.97 Å². The molecule has 1 heterocycles. The van der Waals surface area contributed by atoms with E-state index >= 15 is 0 Å². The van der Waals surface area contributed by atoms with E-state index in [1.54, 1.807) is 0 Å². The summed E-state index contributed by atoms with van der Waals surface area (Å²) < 4.78 is 1.28. The van der Waals surface area contributed by atoms with Gasteiger partial charge in [0, 0.05) is 6.04 Å². The van der Waals surface area contributed by atoms with Crippen LogP contribution in [0.3, 0.4) is 0 Å². The lowest BCUT2D eigenvalue weighted by Crippen LogP contribution is -2.43. The molecule has 3 saturated carbocycles. The van der Waals surface area contributed by atoms with Crippen LogP contribution in [0.5, 0.6) is 0 Å². The van der Waals surface area contributed by atoms with Gasteiger partial charge in [-0.05, 0) is 49.4 Å². The average molecular weight is 304 g/mol. The molecule has 3 aliphatic carbocycles. The van der Waals surface area contributed by atoms with Crippen LogP contribution in [0.2, 0.25) is 0 Å². The SMILES string of the molecule is O=C(Cn1cc(C(=O)O)nn1)NC1CC2CC1C1CCCC21. The zero-order chi connectivity index (χ0) is 15.3. The maximum Gasteiger partial charge on any atom is 0.358 e. The molecule has 7 nitrogen and oxygen atoms in total. The van der Waals surface area contributed by atoms with Crippen LogP contribution in [-0.2, 0) is 11.3 Å². The second kappa shape index (κ2) is 5.07. The molecule has 7 heteroatoms. The fraction of sp³-hybridized carbons (Fsp3) is 0.733. The van der Waals surface area contributed by atoms with Crippen molar-refractivity contribution in [2.75, 3.05) is 0 Å². The molecule has 5 unspecified atom stereocenters. The highest BCUT2D eigenvalue weighted by Crippen LogP contribution is 2.58. The highest BCUT2D eigenvalue weighted by atomic mass is 16.4. The second-order valence-electron chi connectivity index (χ2n) is 6.93. The monoisotopic (exact) mass is 304 g/mol. The lowest BCUT2D eigenvalue weighted by Gasteiger charge is -2.32. The van der Waals surface area contributed by atoms with Crippen LogP contribution in [-0.4, -0.2) is 38.0 Å². The van der Waals surface area contributed by atoms with Gasteiger partial charge in [-0.1, -0.05) is 11.6 Å². The summed E-state index contributed by atoms with van der Waals surface area (Å²) in [6.07, 6.45) is 7.71. The number of carbonyl (C=O) groups excluding carboxylic acids is 1. The molecule has 1 amide bonds. The Bertz CT molecular complexity index is 614. The minimum Gasteiger partial charge on any atom is -0.476 e.